The fraction of sp³-hybridized carbons (Fsp3) is 0.435. The number of amides is 2. The van der Waals surface area contributed by atoms with Gasteiger partial charge in [0.15, 0.2) is 6.10 Å². The molecule has 1 saturated heterocycles. The highest BCUT2D eigenvalue weighted by Crippen LogP contribution is 2.31. The van der Waals surface area contributed by atoms with Crippen LogP contribution >= 0.6 is 0 Å². The predicted octanol–water partition coefficient (Wildman–Crippen LogP) is 2.18. The molecule has 1 atom stereocenters. The normalized spacial score (nSPS) is 18.7. The van der Waals surface area contributed by atoms with Crippen molar-refractivity contribution in [2.75, 3.05) is 43.4 Å². The van der Waals surface area contributed by atoms with Gasteiger partial charge >= 0.3 is 0 Å². The quantitative estimate of drug-likeness (QED) is 0.767. The second-order valence-electron chi connectivity index (χ2n) is 7.98. The fourth-order valence-corrected chi connectivity index (χ4v) is 4.11. The number of aromatic nitrogens is 1. The molecule has 0 bridgehead atoms. The number of carbonyl (C=O) groups excluding carboxylic acids is 2. The van der Waals surface area contributed by atoms with Crippen LogP contribution in [0.25, 0.3) is 0 Å². The second kappa shape index (κ2) is 8.93. The van der Waals surface area contributed by atoms with Gasteiger partial charge < -0.3 is 20.3 Å². The van der Waals surface area contributed by atoms with Gasteiger partial charge in [0.25, 0.3) is 11.8 Å². The number of aryl methyl sites for hydroxylation is 1. The summed E-state index contributed by atoms with van der Waals surface area (Å²) in [5, 5.41) is 5.57. The molecule has 1 aromatic carbocycles. The molecule has 31 heavy (non-hydrogen) atoms. The van der Waals surface area contributed by atoms with E-state index in [0.717, 1.165) is 61.1 Å². The minimum absolute atomic E-state index is 0.0767. The summed E-state index contributed by atoms with van der Waals surface area (Å²) in [5.41, 5.74) is 4.29. The first-order valence-corrected chi connectivity index (χ1v) is 10.8. The first kappa shape index (κ1) is 21.1. The summed E-state index contributed by atoms with van der Waals surface area (Å²) >= 11 is 0. The van der Waals surface area contributed by atoms with E-state index in [-0.39, 0.29) is 11.8 Å². The minimum Gasteiger partial charge on any atom is -0.478 e. The monoisotopic (exact) mass is 423 g/mol. The van der Waals surface area contributed by atoms with Crippen LogP contribution in [0, 0.1) is 6.92 Å². The Hall–Kier alpha value is -3.13. The van der Waals surface area contributed by atoms with E-state index in [2.05, 4.69) is 31.5 Å². The van der Waals surface area contributed by atoms with Crippen LogP contribution in [0.3, 0.4) is 0 Å². The Morgan fingerprint density at radius 2 is 2.00 bits per heavy atom. The average Bonchev–Trinajstić information content (AvgIpc) is 2.78. The number of anilines is 2. The number of hydrogen-bond donors (Lipinski definition) is 2. The third kappa shape index (κ3) is 4.49. The average molecular weight is 424 g/mol. The molecule has 2 aliphatic heterocycles. The lowest BCUT2D eigenvalue weighted by Crippen LogP contribution is -2.46. The highest BCUT2D eigenvalue weighted by molar-refractivity contribution is 5.97. The van der Waals surface area contributed by atoms with Crippen LogP contribution in [0.5, 0.6) is 5.75 Å². The molecular formula is C23H29N5O3. The number of carbonyl (C=O) groups is 2. The van der Waals surface area contributed by atoms with Crippen molar-refractivity contribution in [2.45, 2.75) is 32.9 Å². The Bertz CT molecular complexity index is 985. The molecule has 4 rings (SSSR count). The minimum atomic E-state index is -0.408. The van der Waals surface area contributed by atoms with Gasteiger partial charge in [-0.2, -0.15) is 0 Å². The number of benzene rings is 1. The molecule has 0 radical (unpaired) electrons. The van der Waals surface area contributed by atoms with Gasteiger partial charge in [0.2, 0.25) is 0 Å². The van der Waals surface area contributed by atoms with Crippen LogP contribution < -0.4 is 20.3 Å². The zero-order valence-corrected chi connectivity index (χ0v) is 18.3. The van der Waals surface area contributed by atoms with Gasteiger partial charge in [-0.05, 0) is 43.2 Å². The molecule has 164 valence electrons. The smallest absolute Gasteiger partial charge is 0.269 e. The summed E-state index contributed by atoms with van der Waals surface area (Å²) < 4.78 is 5.78. The summed E-state index contributed by atoms with van der Waals surface area (Å²) in [6.07, 6.45) is 0.246. The Kier molecular flexibility index (Phi) is 6.08. The highest BCUT2D eigenvalue weighted by atomic mass is 16.5. The maximum absolute atomic E-state index is 12.1. The van der Waals surface area contributed by atoms with E-state index in [9.17, 15) is 9.59 Å². The molecule has 2 aromatic rings. The van der Waals surface area contributed by atoms with Crippen molar-refractivity contribution in [1.82, 2.24) is 15.2 Å². The first-order chi connectivity index (χ1) is 15.0. The number of pyridine rings is 1. The maximum atomic E-state index is 12.1. The molecule has 1 aromatic heterocycles. The molecule has 8 nitrogen and oxygen atoms in total. The van der Waals surface area contributed by atoms with Crippen molar-refractivity contribution in [3.8, 4) is 5.75 Å². The molecule has 1 fully saturated rings. The Morgan fingerprint density at radius 3 is 2.68 bits per heavy atom. The van der Waals surface area contributed by atoms with Crippen LogP contribution in [0.4, 0.5) is 11.4 Å². The molecule has 0 spiro atoms. The molecule has 3 heterocycles. The van der Waals surface area contributed by atoms with Gasteiger partial charge in [0, 0.05) is 39.8 Å². The van der Waals surface area contributed by atoms with E-state index >= 15 is 0 Å². The largest absolute Gasteiger partial charge is 0.478 e. The number of rotatable bonds is 5. The van der Waals surface area contributed by atoms with E-state index in [0.29, 0.717) is 12.1 Å². The molecule has 0 aliphatic carbocycles. The summed E-state index contributed by atoms with van der Waals surface area (Å²) in [4.78, 5) is 33.0. The van der Waals surface area contributed by atoms with Crippen LogP contribution in [0.1, 0.15) is 35.1 Å². The van der Waals surface area contributed by atoms with Crippen LogP contribution in [0.2, 0.25) is 0 Å². The lowest BCUT2D eigenvalue weighted by molar-refractivity contribution is -0.123. The Morgan fingerprint density at radius 1 is 1.23 bits per heavy atom. The first-order valence-electron chi connectivity index (χ1n) is 10.8. The molecule has 0 unspecified atom stereocenters. The van der Waals surface area contributed by atoms with Crippen LogP contribution in [-0.4, -0.2) is 61.0 Å². The maximum Gasteiger partial charge on any atom is 0.269 e. The van der Waals surface area contributed by atoms with Crippen molar-refractivity contribution in [1.29, 1.82) is 0 Å². The second-order valence-corrected chi connectivity index (χ2v) is 7.98. The molecule has 0 saturated carbocycles. The summed E-state index contributed by atoms with van der Waals surface area (Å²) in [7, 11) is 1.61. The van der Waals surface area contributed by atoms with E-state index in [4.69, 9.17) is 4.74 Å². The fourth-order valence-electron chi connectivity index (χ4n) is 4.11. The standard InChI is InChI=1S/C23H29N5O3/c1-4-20-23(30)26-18-13-16(5-8-21(18)31-20)14-27-9-11-28(12-10-27)19-7-6-17(22(29)24-3)25-15(19)2/h5-8,13,20H,4,9-12,14H2,1-3H3,(H,24,29)(H,26,30)/t20-/m0/s1. The van der Waals surface area contributed by atoms with Gasteiger partial charge in [0.05, 0.1) is 17.1 Å². The molecular weight excluding hydrogens is 394 g/mol. The third-order valence-electron chi connectivity index (χ3n) is 5.87. The van der Waals surface area contributed by atoms with Gasteiger partial charge in [0.1, 0.15) is 11.4 Å². The molecule has 2 aliphatic rings. The lowest BCUT2D eigenvalue weighted by atomic mass is 10.1. The topological polar surface area (TPSA) is 86.8 Å². The molecule has 2 N–H and O–H groups in total. The van der Waals surface area contributed by atoms with Crippen molar-refractivity contribution < 1.29 is 14.3 Å². The zero-order valence-electron chi connectivity index (χ0n) is 18.3. The van der Waals surface area contributed by atoms with E-state index in [1.54, 1.807) is 13.1 Å². The van der Waals surface area contributed by atoms with Crippen LogP contribution in [-0.2, 0) is 11.3 Å². The lowest BCUT2D eigenvalue weighted by Gasteiger charge is -2.36. The summed E-state index contributed by atoms with van der Waals surface area (Å²) in [6, 6.07) is 9.79. The van der Waals surface area contributed by atoms with Gasteiger partial charge in [-0.15, -0.1) is 0 Å². The van der Waals surface area contributed by atoms with Crippen molar-refractivity contribution in [2.24, 2.45) is 0 Å². The summed E-state index contributed by atoms with van der Waals surface area (Å²) in [6.45, 7) is 8.34. The zero-order chi connectivity index (χ0) is 22.0. The molecule has 2 amide bonds. The predicted molar refractivity (Wildman–Crippen MR) is 120 cm³/mol. The number of hydrogen-bond acceptors (Lipinski definition) is 6. The van der Waals surface area contributed by atoms with Crippen molar-refractivity contribution in [3.05, 3.63) is 47.3 Å². The van der Waals surface area contributed by atoms with E-state index in [1.807, 2.05) is 32.0 Å². The van der Waals surface area contributed by atoms with Gasteiger partial charge in [-0.3, -0.25) is 14.5 Å². The van der Waals surface area contributed by atoms with Gasteiger partial charge in [-0.1, -0.05) is 13.0 Å². The van der Waals surface area contributed by atoms with Crippen molar-refractivity contribution >= 4 is 23.2 Å². The van der Waals surface area contributed by atoms with Crippen molar-refractivity contribution in [3.63, 3.8) is 0 Å². The number of piperazine rings is 1. The van der Waals surface area contributed by atoms with Gasteiger partial charge in [-0.25, -0.2) is 4.98 Å². The third-order valence-corrected chi connectivity index (χ3v) is 5.87. The number of ether oxygens (including phenoxy) is 1. The summed E-state index contributed by atoms with van der Waals surface area (Å²) in [5.74, 6) is 0.492. The molecule has 8 heteroatoms. The number of fused-ring (bicyclic) bond motifs is 1. The number of nitrogens with zero attached hydrogens (tertiary/aromatic N) is 3. The number of nitrogens with one attached hydrogen (secondary N) is 2. The van der Waals surface area contributed by atoms with Crippen LogP contribution in [0.15, 0.2) is 30.3 Å². The van der Waals surface area contributed by atoms with E-state index < -0.39 is 6.10 Å². The highest BCUT2D eigenvalue weighted by Gasteiger charge is 2.26. The SMILES string of the molecule is CC[C@@H]1Oc2ccc(CN3CCN(c4ccc(C(=O)NC)nc4C)CC3)cc2NC1=O. The Labute approximate surface area is 182 Å². The van der Waals surface area contributed by atoms with E-state index in [1.165, 1.54) is 0 Å². The Balaban J connectivity index is 1.36.